The minimum Gasteiger partial charge on any atom is -0.394 e. The Balaban J connectivity index is 2.30. The number of nitrogens with one attached hydrogen (secondary N) is 1. The molecule has 0 bridgehead atoms. The molecular formula is C12H15IN2O3. The van der Waals surface area contributed by atoms with E-state index in [-0.39, 0.29) is 17.2 Å². The minimum absolute atomic E-state index is 0.0101. The fourth-order valence-corrected chi connectivity index (χ4v) is 2.90. The Morgan fingerprint density at radius 2 is 2.11 bits per heavy atom. The van der Waals surface area contributed by atoms with E-state index >= 15 is 0 Å². The van der Waals surface area contributed by atoms with Crippen LogP contribution in [0.3, 0.4) is 0 Å². The Kier molecular flexibility index (Phi) is 4.06. The first-order valence-electron chi connectivity index (χ1n) is 5.89. The van der Waals surface area contributed by atoms with Crippen molar-refractivity contribution in [2.45, 2.75) is 31.2 Å². The third kappa shape index (κ3) is 2.74. The molecule has 0 atom stereocenters. The molecule has 0 aromatic heterocycles. The van der Waals surface area contributed by atoms with Crippen molar-refractivity contribution in [1.29, 1.82) is 0 Å². The summed E-state index contributed by atoms with van der Waals surface area (Å²) in [5.41, 5.74) is 0.176. The fourth-order valence-electron chi connectivity index (χ4n) is 2.42. The molecule has 2 rings (SSSR count). The van der Waals surface area contributed by atoms with Gasteiger partial charge in [0, 0.05) is 9.64 Å². The van der Waals surface area contributed by atoms with Gasteiger partial charge in [-0.05, 0) is 47.6 Å². The summed E-state index contributed by atoms with van der Waals surface area (Å²) in [5.74, 6) is 0. The summed E-state index contributed by atoms with van der Waals surface area (Å²) in [6, 6.07) is 5.09. The lowest BCUT2D eigenvalue weighted by Crippen LogP contribution is -2.39. The highest BCUT2D eigenvalue weighted by atomic mass is 127. The quantitative estimate of drug-likeness (QED) is 0.491. The van der Waals surface area contributed by atoms with Crippen LogP contribution in [0, 0.1) is 13.7 Å². The molecule has 0 amide bonds. The van der Waals surface area contributed by atoms with Gasteiger partial charge in [-0.2, -0.15) is 0 Å². The molecule has 0 saturated heterocycles. The van der Waals surface area contributed by atoms with Gasteiger partial charge in [-0.1, -0.05) is 12.8 Å². The van der Waals surface area contributed by atoms with Gasteiger partial charge in [0.05, 0.1) is 17.1 Å². The van der Waals surface area contributed by atoms with Crippen molar-refractivity contribution in [3.05, 3.63) is 31.9 Å². The summed E-state index contributed by atoms with van der Waals surface area (Å²) in [7, 11) is 0. The number of nitro groups is 1. The van der Waals surface area contributed by atoms with E-state index in [1.807, 2.05) is 6.07 Å². The first-order chi connectivity index (χ1) is 8.56. The molecule has 18 heavy (non-hydrogen) atoms. The van der Waals surface area contributed by atoms with Gasteiger partial charge in [-0.3, -0.25) is 10.1 Å². The van der Waals surface area contributed by atoms with Crippen molar-refractivity contribution >= 4 is 34.0 Å². The number of halogens is 1. The summed E-state index contributed by atoms with van der Waals surface area (Å²) in [6.07, 6.45) is 3.80. The molecule has 1 aliphatic carbocycles. The van der Waals surface area contributed by atoms with E-state index in [9.17, 15) is 15.2 Å². The number of hydrogen-bond donors (Lipinski definition) is 2. The van der Waals surface area contributed by atoms with Crippen LogP contribution in [-0.2, 0) is 0 Å². The molecule has 1 aromatic carbocycles. The molecular weight excluding hydrogens is 347 g/mol. The van der Waals surface area contributed by atoms with Crippen LogP contribution in [0.4, 0.5) is 11.4 Å². The van der Waals surface area contributed by atoms with Crippen LogP contribution < -0.4 is 5.32 Å². The number of nitro benzene ring substituents is 1. The summed E-state index contributed by atoms with van der Waals surface area (Å²) in [6.45, 7) is 0.0101. The number of aliphatic hydroxyl groups is 1. The topological polar surface area (TPSA) is 75.4 Å². The van der Waals surface area contributed by atoms with Crippen LogP contribution in [-0.4, -0.2) is 22.2 Å². The van der Waals surface area contributed by atoms with Gasteiger partial charge in [0.2, 0.25) is 0 Å². The molecule has 0 heterocycles. The van der Waals surface area contributed by atoms with E-state index in [0.717, 1.165) is 29.3 Å². The molecule has 6 heteroatoms. The van der Waals surface area contributed by atoms with Crippen LogP contribution in [0.5, 0.6) is 0 Å². The van der Waals surface area contributed by atoms with Crippen molar-refractivity contribution in [1.82, 2.24) is 0 Å². The van der Waals surface area contributed by atoms with E-state index in [1.165, 1.54) is 0 Å². The Morgan fingerprint density at radius 1 is 1.44 bits per heavy atom. The fraction of sp³-hybridized carbons (Fsp3) is 0.500. The zero-order valence-corrected chi connectivity index (χ0v) is 12.0. The first-order valence-corrected chi connectivity index (χ1v) is 6.97. The van der Waals surface area contributed by atoms with E-state index in [1.54, 1.807) is 12.1 Å². The molecule has 0 unspecified atom stereocenters. The van der Waals surface area contributed by atoms with Crippen molar-refractivity contribution in [2.75, 3.05) is 11.9 Å². The van der Waals surface area contributed by atoms with E-state index in [0.29, 0.717) is 5.69 Å². The van der Waals surface area contributed by atoms with Gasteiger partial charge < -0.3 is 10.4 Å². The summed E-state index contributed by atoms with van der Waals surface area (Å²) < 4.78 is 0.828. The molecule has 2 N–H and O–H groups in total. The highest BCUT2D eigenvalue weighted by Crippen LogP contribution is 2.36. The highest BCUT2D eigenvalue weighted by molar-refractivity contribution is 14.1. The number of anilines is 1. The Hall–Kier alpha value is -0.890. The second-order valence-electron chi connectivity index (χ2n) is 4.69. The predicted octanol–water partition coefficient (Wildman–Crippen LogP) is 2.92. The zero-order valence-electron chi connectivity index (χ0n) is 9.86. The monoisotopic (exact) mass is 362 g/mol. The van der Waals surface area contributed by atoms with Crippen LogP contribution in [0.2, 0.25) is 0 Å². The number of benzene rings is 1. The molecule has 0 radical (unpaired) electrons. The summed E-state index contributed by atoms with van der Waals surface area (Å²) in [5, 5.41) is 23.8. The minimum atomic E-state index is -0.391. The average Bonchev–Trinajstić information content (AvgIpc) is 2.80. The molecule has 0 spiro atoms. The molecule has 98 valence electrons. The highest BCUT2D eigenvalue weighted by Gasteiger charge is 2.34. The lowest BCUT2D eigenvalue weighted by Gasteiger charge is -2.29. The maximum absolute atomic E-state index is 11.0. The Bertz CT molecular complexity index is 459. The van der Waals surface area contributed by atoms with Gasteiger partial charge in [-0.15, -0.1) is 0 Å². The predicted molar refractivity (Wildman–Crippen MR) is 77.7 cm³/mol. The standard InChI is InChI=1S/C12H15IN2O3/c13-9-3-4-10(11(7-9)15(17)18)14-12(8-16)5-1-2-6-12/h3-4,7,14,16H,1-2,5-6,8H2. The van der Waals surface area contributed by atoms with Gasteiger partial charge >= 0.3 is 0 Å². The molecule has 0 aliphatic heterocycles. The third-order valence-corrected chi connectivity index (χ3v) is 4.09. The van der Waals surface area contributed by atoms with E-state index in [2.05, 4.69) is 27.9 Å². The third-order valence-electron chi connectivity index (χ3n) is 3.42. The van der Waals surface area contributed by atoms with Crippen LogP contribution >= 0.6 is 22.6 Å². The van der Waals surface area contributed by atoms with Crippen molar-refractivity contribution in [2.24, 2.45) is 0 Å². The summed E-state index contributed by atoms with van der Waals surface area (Å²) in [4.78, 5) is 10.7. The maximum atomic E-state index is 11.0. The SMILES string of the molecule is O=[N+]([O-])c1cc(I)ccc1NC1(CO)CCCC1. The number of nitrogens with zero attached hydrogens (tertiary/aromatic N) is 1. The van der Waals surface area contributed by atoms with Crippen molar-refractivity contribution in [3.63, 3.8) is 0 Å². The number of rotatable bonds is 4. The lowest BCUT2D eigenvalue weighted by atomic mass is 9.98. The van der Waals surface area contributed by atoms with E-state index < -0.39 is 5.54 Å². The Morgan fingerprint density at radius 3 is 2.67 bits per heavy atom. The van der Waals surface area contributed by atoms with Crippen LogP contribution in [0.25, 0.3) is 0 Å². The Labute approximate surface area is 119 Å². The average molecular weight is 362 g/mol. The normalized spacial score (nSPS) is 17.7. The van der Waals surface area contributed by atoms with Crippen molar-refractivity contribution < 1.29 is 10.0 Å². The zero-order chi connectivity index (χ0) is 13.2. The smallest absolute Gasteiger partial charge is 0.293 e. The van der Waals surface area contributed by atoms with Gasteiger partial charge in [-0.25, -0.2) is 0 Å². The van der Waals surface area contributed by atoms with Gasteiger partial charge in [0.1, 0.15) is 5.69 Å². The molecule has 1 aliphatic rings. The number of hydrogen-bond acceptors (Lipinski definition) is 4. The maximum Gasteiger partial charge on any atom is 0.293 e. The molecule has 1 saturated carbocycles. The van der Waals surface area contributed by atoms with Gasteiger partial charge in [0.15, 0.2) is 0 Å². The number of aliphatic hydroxyl groups excluding tert-OH is 1. The second kappa shape index (κ2) is 5.40. The van der Waals surface area contributed by atoms with Crippen LogP contribution in [0.1, 0.15) is 25.7 Å². The van der Waals surface area contributed by atoms with Gasteiger partial charge in [0.25, 0.3) is 5.69 Å². The molecule has 1 aromatic rings. The largest absolute Gasteiger partial charge is 0.394 e. The van der Waals surface area contributed by atoms with Crippen LogP contribution in [0.15, 0.2) is 18.2 Å². The first kappa shape index (κ1) is 13.5. The van der Waals surface area contributed by atoms with Crippen molar-refractivity contribution in [3.8, 4) is 0 Å². The second-order valence-corrected chi connectivity index (χ2v) is 5.93. The molecule has 5 nitrogen and oxygen atoms in total. The summed E-state index contributed by atoms with van der Waals surface area (Å²) >= 11 is 2.05. The van der Waals surface area contributed by atoms with E-state index in [4.69, 9.17) is 0 Å². The molecule has 1 fully saturated rings. The lowest BCUT2D eigenvalue weighted by molar-refractivity contribution is -0.384.